The van der Waals surface area contributed by atoms with E-state index in [1.54, 1.807) is 6.07 Å². The fraction of sp³-hybridized carbons (Fsp3) is 0.200. The van der Waals surface area contributed by atoms with E-state index in [-0.39, 0.29) is 50.6 Å². The number of benzene rings is 1. The molecule has 0 radical (unpaired) electrons. The van der Waals surface area contributed by atoms with Crippen LogP contribution in [0, 0.1) is 0 Å². The maximum Gasteiger partial charge on any atom is 0.0701 e. The highest BCUT2D eigenvalue weighted by Gasteiger charge is 2.32. The third-order valence-corrected chi connectivity index (χ3v) is 4.33. The zero-order chi connectivity index (χ0) is 16.6. The molecule has 0 bridgehead atoms. The smallest absolute Gasteiger partial charge is 0.0701 e. The minimum Gasteiger partial charge on any atom is -0.545 e. The summed E-state index contributed by atoms with van der Waals surface area (Å²) in [6.07, 6.45) is 0. The van der Waals surface area contributed by atoms with Gasteiger partial charge < -0.3 is 25.1 Å². The van der Waals surface area contributed by atoms with E-state index in [1.165, 1.54) is 26.0 Å². The number of aliphatic carboxylic acids is 2. The second-order valence-electron chi connectivity index (χ2n) is 4.85. The Labute approximate surface area is 149 Å². The Bertz CT molecular complexity index is 704. The minimum absolute atomic E-state index is 0. The van der Waals surface area contributed by atoms with Crippen LogP contribution in [0.15, 0.2) is 40.7 Å². The van der Waals surface area contributed by atoms with E-state index in [4.69, 9.17) is 23.2 Å². The molecule has 0 spiro atoms. The first-order chi connectivity index (χ1) is 10.3. The second-order valence-corrected chi connectivity index (χ2v) is 5.64. The molecule has 1 aliphatic heterocycles. The normalized spacial score (nSPS) is 15.1. The monoisotopic (exact) mass is 375 g/mol. The van der Waals surface area contributed by atoms with E-state index in [9.17, 15) is 19.8 Å². The number of dihydropyridines is 1. The van der Waals surface area contributed by atoms with Crippen LogP contribution in [0.25, 0.3) is 0 Å². The van der Waals surface area contributed by atoms with Crippen LogP contribution < -0.4 is 15.5 Å². The Balaban J connectivity index is 0.00000264. The van der Waals surface area contributed by atoms with Crippen molar-refractivity contribution in [2.24, 2.45) is 0 Å². The Morgan fingerprint density at radius 1 is 1.04 bits per heavy atom. The molecule has 0 aliphatic carbocycles. The van der Waals surface area contributed by atoms with Gasteiger partial charge in [0.1, 0.15) is 0 Å². The van der Waals surface area contributed by atoms with E-state index >= 15 is 0 Å². The van der Waals surface area contributed by atoms with Gasteiger partial charge in [0.25, 0.3) is 0 Å². The van der Waals surface area contributed by atoms with Gasteiger partial charge in [0.05, 0.1) is 22.0 Å². The van der Waals surface area contributed by atoms with Crippen LogP contribution in [0.5, 0.6) is 0 Å². The summed E-state index contributed by atoms with van der Waals surface area (Å²) in [6.45, 7) is 3.04. The predicted octanol–water partition coefficient (Wildman–Crippen LogP) is 1.15. The predicted molar refractivity (Wildman–Crippen MR) is 85.0 cm³/mol. The molecule has 0 aromatic heterocycles. The van der Waals surface area contributed by atoms with Gasteiger partial charge in [-0.2, -0.15) is 0 Å². The van der Waals surface area contributed by atoms with Gasteiger partial charge in [0, 0.05) is 28.5 Å². The summed E-state index contributed by atoms with van der Waals surface area (Å²) in [5.41, 5.74) is 0.405. The fourth-order valence-corrected chi connectivity index (χ4v) is 3.01. The van der Waals surface area contributed by atoms with Crippen molar-refractivity contribution >= 4 is 47.5 Å². The third kappa shape index (κ3) is 3.47. The standard InChI is InChI=1S/C15H13Cl2NO4.ClH/c1-6-10(14(19)20)12(11(15(21)22)7(2)18-6)8-4-3-5-9(16)13(8)17;/h3-5,12,18H,1-2H3,(H,19,20)(H,21,22);1H/p-2. The average Bonchev–Trinajstić information content (AvgIpc) is 2.39. The lowest BCUT2D eigenvalue weighted by molar-refractivity contribution is -0.300. The van der Waals surface area contributed by atoms with Crippen molar-refractivity contribution in [1.29, 1.82) is 0 Å². The SMILES string of the molecule is CC1=C(C(=O)[O-])C(c2cccc(Cl)c2Cl)C(C(=O)[O-])=C(C)N1.Cl. The molecule has 1 aliphatic rings. The molecule has 0 atom stereocenters. The van der Waals surface area contributed by atoms with Crippen LogP contribution in [0.2, 0.25) is 10.0 Å². The molecule has 0 saturated heterocycles. The summed E-state index contributed by atoms with van der Waals surface area (Å²) in [5.74, 6) is -4.10. The van der Waals surface area contributed by atoms with Crippen molar-refractivity contribution in [2.75, 3.05) is 0 Å². The van der Waals surface area contributed by atoms with Crippen LogP contribution in [0.3, 0.4) is 0 Å². The first-order valence-electron chi connectivity index (χ1n) is 6.30. The lowest BCUT2D eigenvalue weighted by atomic mass is 9.80. The number of hydrogen-bond acceptors (Lipinski definition) is 5. The number of allylic oxidation sites excluding steroid dienone is 2. The summed E-state index contributed by atoms with van der Waals surface area (Å²) in [6, 6.07) is 4.62. The van der Waals surface area contributed by atoms with E-state index in [0.29, 0.717) is 0 Å². The van der Waals surface area contributed by atoms with Gasteiger partial charge in [0.15, 0.2) is 0 Å². The minimum atomic E-state index is -1.49. The highest BCUT2D eigenvalue weighted by molar-refractivity contribution is 6.42. The maximum atomic E-state index is 11.5. The Morgan fingerprint density at radius 2 is 1.52 bits per heavy atom. The average molecular weight is 377 g/mol. The number of carbonyl (C=O) groups is 2. The number of nitrogens with one attached hydrogen (secondary N) is 1. The summed E-state index contributed by atoms with van der Waals surface area (Å²) in [7, 11) is 0. The molecule has 1 aromatic rings. The molecule has 5 nitrogen and oxygen atoms in total. The summed E-state index contributed by atoms with van der Waals surface area (Å²) in [4.78, 5) is 23.0. The van der Waals surface area contributed by atoms with Gasteiger partial charge in [-0.3, -0.25) is 0 Å². The molecular formula is C15H12Cl3NO4-2. The number of hydrogen-bond donors (Lipinski definition) is 1. The molecule has 0 saturated carbocycles. The number of carboxylic acids is 2. The molecule has 1 heterocycles. The lowest BCUT2D eigenvalue weighted by Crippen LogP contribution is -2.40. The number of rotatable bonds is 3. The number of carbonyl (C=O) groups excluding carboxylic acids is 2. The Kier molecular flexibility index (Phi) is 6.11. The molecule has 1 aromatic carbocycles. The van der Waals surface area contributed by atoms with Crippen LogP contribution >= 0.6 is 35.6 Å². The van der Waals surface area contributed by atoms with Gasteiger partial charge in [-0.05, 0) is 25.5 Å². The number of halogens is 3. The molecule has 2 rings (SSSR count). The molecule has 23 heavy (non-hydrogen) atoms. The fourth-order valence-electron chi connectivity index (χ4n) is 2.59. The molecule has 0 unspecified atom stereocenters. The van der Waals surface area contributed by atoms with Gasteiger partial charge in [-0.1, -0.05) is 35.3 Å². The van der Waals surface area contributed by atoms with E-state index < -0.39 is 17.9 Å². The maximum absolute atomic E-state index is 11.5. The van der Waals surface area contributed by atoms with Crippen molar-refractivity contribution in [1.82, 2.24) is 5.32 Å². The number of carboxylic acid groups (broad SMARTS) is 2. The molecule has 8 heteroatoms. The highest BCUT2D eigenvalue weighted by atomic mass is 35.5. The summed E-state index contributed by atoms with van der Waals surface area (Å²) >= 11 is 12.1. The Hall–Kier alpha value is -1.69. The van der Waals surface area contributed by atoms with E-state index in [0.717, 1.165) is 0 Å². The second kappa shape index (κ2) is 7.25. The van der Waals surface area contributed by atoms with Crippen LogP contribution in [-0.2, 0) is 9.59 Å². The first kappa shape index (κ1) is 19.4. The van der Waals surface area contributed by atoms with Gasteiger partial charge in [-0.25, -0.2) is 0 Å². The largest absolute Gasteiger partial charge is 0.545 e. The van der Waals surface area contributed by atoms with Crippen molar-refractivity contribution < 1.29 is 19.8 Å². The molecule has 1 N–H and O–H groups in total. The van der Waals surface area contributed by atoms with Gasteiger partial charge >= 0.3 is 0 Å². The molecule has 0 amide bonds. The van der Waals surface area contributed by atoms with Crippen molar-refractivity contribution in [2.45, 2.75) is 19.8 Å². The lowest BCUT2D eigenvalue weighted by Gasteiger charge is -2.34. The van der Waals surface area contributed by atoms with Crippen molar-refractivity contribution in [3.63, 3.8) is 0 Å². The van der Waals surface area contributed by atoms with Crippen LogP contribution in [0.4, 0.5) is 0 Å². The molecular weight excluding hydrogens is 365 g/mol. The zero-order valence-corrected chi connectivity index (χ0v) is 14.4. The van der Waals surface area contributed by atoms with Gasteiger partial charge in [-0.15, -0.1) is 12.4 Å². The zero-order valence-electron chi connectivity index (χ0n) is 12.1. The highest BCUT2D eigenvalue weighted by Crippen LogP contribution is 2.42. The van der Waals surface area contributed by atoms with E-state index in [2.05, 4.69) is 5.32 Å². The Morgan fingerprint density at radius 3 is 1.96 bits per heavy atom. The summed E-state index contributed by atoms with van der Waals surface area (Å²) in [5, 5.41) is 26.0. The molecule has 0 fully saturated rings. The van der Waals surface area contributed by atoms with Crippen molar-refractivity contribution in [3.05, 3.63) is 56.3 Å². The third-order valence-electron chi connectivity index (χ3n) is 3.49. The molecule has 124 valence electrons. The van der Waals surface area contributed by atoms with Crippen molar-refractivity contribution in [3.8, 4) is 0 Å². The quantitative estimate of drug-likeness (QED) is 0.854. The van der Waals surface area contributed by atoms with Crippen LogP contribution in [0.1, 0.15) is 25.3 Å². The topological polar surface area (TPSA) is 92.3 Å². The van der Waals surface area contributed by atoms with Crippen LogP contribution in [-0.4, -0.2) is 11.9 Å². The van der Waals surface area contributed by atoms with E-state index in [1.807, 2.05) is 0 Å². The summed E-state index contributed by atoms with van der Waals surface area (Å²) < 4.78 is 0. The first-order valence-corrected chi connectivity index (χ1v) is 7.06. The van der Waals surface area contributed by atoms with Gasteiger partial charge in [0.2, 0.25) is 0 Å².